The SMILES string of the molecule is CCCCCN(C(=O)CNC(=O)OC(C)(C)C)C(C(=O)NC(C)(C)C)c1ccc(O)cc1. The van der Waals surface area contributed by atoms with Crippen LogP contribution in [0.2, 0.25) is 0 Å². The number of carbonyl (C=O) groups is 3. The van der Waals surface area contributed by atoms with E-state index in [1.165, 1.54) is 17.0 Å². The third-order valence-corrected chi connectivity index (χ3v) is 4.37. The summed E-state index contributed by atoms with van der Waals surface area (Å²) in [7, 11) is 0. The molecule has 3 N–H and O–H groups in total. The Hall–Kier alpha value is -2.77. The van der Waals surface area contributed by atoms with E-state index in [1.807, 2.05) is 20.8 Å². The van der Waals surface area contributed by atoms with Gasteiger partial charge in [0.1, 0.15) is 23.9 Å². The molecule has 0 fully saturated rings. The van der Waals surface area contributed by atoms with Gasteiger partial charge in [-0.1, -0.05) is 31.9 Å². The Morgan fingerprint density at radius 3 is 2.12 bits per heavy atom. The molecule has 0 aliphatic rings. The van der Waals surface area contributed by atoms with E-state index in [0.29, 0.717) is 18.5 Å². The fourth-order valence-corrected chi connectivity index (χ4v) is 3.06. The van der Waals surface area contributed by atoms with Gasteiger partial charge in [-0.2, -0.15) is 0 Å². The normalized spacial score (nSPS) is 12.6. The van der Waals surface area contributed by atoms with E-state index in [9.17, 15) is 19.5 Å². The molecule has 0 aliphatic carbocycles. The first-order valence-electron chi connectivity index (χ1n) is 11.1. The summed E-state index contributed by atoms with van der Waals surface area (Å²) >= 11 is 0. The van der Waals surface area contributed by atoms with Crippen LogP contribution in [0.15, 0.2) is 24.3 Å². The summed E-state index contributed by atoms with van der Waals surface area (Å²) in [6, 6.07) is 5.33. The lowest BCUT2D eigenvalue weighted by atomic mass is 10.0. The van der Waals surface area contributed by atoms with Crippen LogP contribution in [0.25, 0.3) is 0 Å². The van der Waals surface area contributed by atoms with Gasteiger partial charge in [-0.15, -0.1) is 0 Å². The van der Waals surface area contributed by atoms with Gasteiger partial charge in [0.2, 0.25) is 11.8 Å². The highest BCUT2D eigenvalue weighted by Crippen LogP contribution is 2.25. The lowest BCUT2D eigenvalue weighted by Gasteiger charge is -2.34. The molecule has 1 rings (SSSR count). The molecule has 1 aromatic carbocycles. The molecule has 32 heavy (non-hydrogen) atoms. The van der Waals surface area contributed by atoms with Crippen LogP contribution in [-0.4, -0.2) is 52.1 Å². The van der Waals surface area contributed by atoms with Crippen molar-refractivity contribution in [3.05, 3.63) is 29.8 Å². The first-order valence-corrected chi connectivity index (χ1v) is 11.1. The number of amides is 3. The number of nitrogens with one attached hydrogen (secondary N) is 2. The van der Waals surface area contributed by atoms with Gasteiger partial charge in [0.15, 0.2) is 0 Å². The second-order valence-corrected chi connectivity index (χ2v) is 9.88. The highest BCUT2D eigenvalue weighted by atomic mass is 16.6. The third kappa shape index (κ3) is 10.0. The van der Waals surface area contributed by atoms with E-state index < -0.39 is 29.2 Å². The summed E-state index contributed by atoms with van der Waals surface area (Å²) in [5.74, 6) is -0.654. The number of benzene rings is 1. The molecular weight excluding hydrogens is 410 g/mol. The number of nitrogens with zero attached hydrogens (tertiary/aromatic N) is 1. The van der Waals surface area contributed by atoms with E-state index in [2.05, 4.69) is 17.6 Å². The largest absolute Gasteiger partial charge is 0.508 e. The topological polar surface area (TPSA) is 108 Å². The fraction of sp³-hybridized carbons (Fsp3) is 0.625. The second kappa shape index (κ2) is 11.7. The molecule has 0 saturated heterocycles. The number of phenolic OH excluding ortho intramolecular Hbond substituents is 1. The van der Waals surface area contributed by atoms with Crippen LogP contribution in [0.5, 0.6) is 5.75 Å². The minimum Gasteiger partial charge on any atom is -0.508 e. The Balaban J connectivity index is 3.19. The van der Waals surface area contributed by atoms with Crippen LogP contribution in [0.1, 0.15) is 79.3 Å². The minimum atomic E-state index is -0.903. The van der Waals surface area contributed by atoms with Crippen molar-refractivity contribution in [2.75, 3.05) is 13.1 Å². The van der Waals surface area contributed by atoms with Crippen LogP contribution < -0.4 is 10.6 Å². The van der Waals surface area contributed by atoms with E-state index in [0.717, 1.165) is 12.8 Å². The van der Waals surface area contributed by atoms with E-state index in [1.54, 1.807) is 32.9 Å². The van der Waals surface area contributed by atoms with Gasteiger partial charge in [-0.25, -0.2) is 4.79 Å². The molecular formula is C24H39N3O5. The van der Waals surface area contributed by atoms with Crippen molar-refractivity contribution >= 4 is 17.9 Å². The second-order valence-electron chi connectivity index (χ2n) is 9.88. The van der Waals surface area contributed by atoms with Gasteiger partial charge < -0.3 is 25.4 Å². The monoisotopic (exact) mass is 449 g/mol. The van der Waals surface area contributed by atoms with Crippen molar-refractivity contribution in [2.45, 2.75) is 84.9 Å². The van der Waals surface area contributed by atoms with Crippen LogP contribution in [-0.2, 0) is 14.3 Å². The molecule has 0 heterocycles. The lowest BCUT2D eigenvalue weighted by Crippen LogP contribution is -2.51. The number of alkyl carbamates (subject to hydrolysis) is 1. The van der Waals surface area contributed by atoms with E-state index in [4.69, 9.17) is 4.74 Å². The molecule has 0 radical (unpaired) electrons. The molecule has 0 aliphatic heterocycles. The summed E-state index contributed by atoms with van der Waals surface area (Å²) in [4.78, 5) is 40.0. The molecule has 3 amide bonds. The van der Waals surface area contributed by atoms with E-state index >= 15 is 0 Å². The van der Waals surface area contributed by atoms with Gasteiger partial charge in [-0.3, -0.25) is 9.59 Å². The molecule has 0 spiro atoms. The molecule has 0 saturated carbocycles. The predicted octanol–water partition coefficient (Wildman–Crippen LogP) is 3.89. The summed E-state index contributed by atoms with van der Waals surface area (Å²) in [6.07, 6.45) is 1.87. The smallest absolute Gasteiger partial charge is 0.408 e. The van der Waals surface area contributed by atoms with Gasteiger partial charge >= 0.3 is 6.09 Å². The zero-order valence-corrected chi connectivity index (χ0v) is 20.4. The predicted molar refractivity (Wildman–Crippen MR) is 124 cm³/mol. The maximum atomic E-state index is 13.3. The van der Waals surface area contributed by atoms with Crippen molar-refractivity contribution in [3.63, 3.8) is 0 Å². The average molecular weight is 450 g/mol. The van der Waals surface area contributed by atoms with Crippen molar-refractivity contribution in [1.29, 1.82) is 0 Å². The zero-order chi connectivity index (χ0) is 24.5. The van der Waals surface area contributed by atoms with Crippen molar-refractivity contribution in [2.24, 2.45) is 0 Å². The highest BCUT2D eigenvalue weighted by molar-refractivity contribution is 5.90. The fourth-order valence-electron chi connectivity index (χ4n) is 3.06. The Labute approximate surface area is 191 Å². The molecule has 0 aromatic heterocycles. The maximum absolute atomic E-state index is 13.3. The number of rotatable bonds is 9. The summed E-state index contributed by atoms with van der Waals surface area (Å²) in [6.45, 7) is 12.9. The average Bonchev–Trinajstić information content (AvgIpc) is 2.64. The quantitative estimate of drug-likeness (QED) is 0.496. The number of unbranched alkanes of at least 4 members (excludes halogenated alkanes) is 2. The summed E-state index contributed by atoms with van der Waals surface area (Å²) in [5.41, 5.74) is -0.611. The Kier molecular flexibility index (Phi) is 10.0. The number of ether oxygens (including phenoxy) is 1. The lowest BCUT2D eigenvalue weighted by molar-refractivity contribution is -0.141. The van der Waals surface area contributed by atoms with Crippen molar-refractivity contribution in [1.82, 2.24) is 15.5 Å². The molecule has 1 aromatic rings. The summed E-state index contributed by atoms with van der Waals surface area (Å²) < 4.78 is 5.21. The Morgan fingerprint density at radius 1 is 1.03 bits per heavy atom. The van der Waals surface area contributed by atoms with Gasteiger partial charge in [0, 0.05) is 12.1 Å². The molecule has 8 heteroatoms. The Bertz CT molecular complexity index is 763. The van der Waals surface area contributed by atoms with E-state index in [-0.39, 0.29) is 18.2 Å². The molecule has 180 valence electrons. The number of aromatic hydroxyl groups is 1. The number of phenols is 1. The van der Waals surface area contributed by atoms with Gasteiger partial charge in [0.25, 0.3) is 0 Å². The van der Waals surface area contributed by atoms with Crippen molar-refractivity contribution < 1.29 is 24.2 Å². The molecule has 8 nitrogen and oxygen atoms in total. The summed E-state index contributed by atoms with van der Waals surface area (Å²) in [5, 5.41) is 15.1. The number of hydrogen-bond acceptors (Lipinski definition) is 5. The molecule has 1 unspecified atom stereocenters. The first kappa shape index (κ1) is 27.3. The first-order chi connectivity index (χ1) is 14.7. The minimum absolute atomic E-state index is 0.0687. The number of carbonyl (C=O) groups excluding carboxylic acids is 3. The number of hydrogen-bond donors (Lipinski definition) is 3. The zero-order valence-electron chi connectivity index (χ0n) is 20.4. The van der Waals surface area contributed by atoms with Crippen LogP contribution in [0, 0.1) is 0 Å². The van der Waals surface area contributed by atoms with Gasteiger partial charge in [0.05, 0.1) is 0 Å². The highest BCUT2D eigenvalue weighted by Gasteiger charge is 2.33. The van der Waals surface area contributed by atoms with Gasteiger partial charge in [-0.05, 0) is 65.7 Å². The van der Waals surface area contributed by atoms with Crippen molar-refractivity contribution in [3.8, 4) is 5.75 Å². The molecule has 0 bridgehead atoms. The van der Waals surface area contributed by atoms with Crippen LogP contribution in [0.4, 0.5) is 4.79 Å². The Morgan fingerprint density at radius 2 is 1.62 bits per heavy atom. The third-order valence-electron chi connectivity index (χ3n) is 4.37. The van der Waals surface area contributed by atoms with Crippen LogP contribution >= 0.6 is 0 Å². The standard InChI is InChI=1S/C24H39N3O5/c1-8-9-10-15-27(19(29)16-25-22(31)32-24(5,6)7)20(21(30)26-23(2,3)4)17-11-13-18(28)14-12-17/h11-14,20,28H,8-10,15-16H2,1-7H3,(H,25,31)(H,26,30). The van der Waals surface area contributed by atoms with Crippen LogP contribution in [0.3, 0.4) is 0 Å². The maximum Gasteiger partial charge on any atom is 0.408 e. The molecule has 1 atom stereocenters.